The summed E-state index contributed by atoms with van der Waals surface area (Å²) in [6, 6.07) is 6.51. The van der Waals surface area contributed by atoms with Crippen molar-refractivity contribution in [2.75, 3.05) is 11.9 Å². The van der Waals surface area contributed by atoms with Gasteiger partial charge in [0.1, 0.15) is 5.75 Å². The fourth-order valence-corrected chi connectivity index (χ4v) is 3.27. The molecular weight excluding hydrogens is 222 g/mol. The predicted molar refractivity (Wildman–Crippen MR) is 75.3 cm³/mol. The Morgan fingerprint density at radius 3 is 3.06 bits per heavy atom. The van der Waals surface area contributed by atoms with Crippen LogP contribution < -0.4 is 10.1 Å². The van der Waals surface area contributed by atoms with Gasteiger partial charge in [-0.1, -0.05) is 19.9 Å². The molecule has 98 valence electrons. The van der Waals surface area contributed by atoms with Gasteiger partial charge in [0, 0.05) is 18.3 Å². The van der Waals surface area contributed by atoms with E-state index in [1.54, 1.807) is 0 Å². The molecule has 0 radical (unpaired) electrons. The highest BCUT2D eigenvalue weighted by atomic mass is 16.5. The molecule has 1 atom stereocenters. The summed E-state index contributed by atoms with van der Waals surface area (Å²) in [5, 5.41) is 3.41. The number of hydrogen-bond acceptors (Lipinski definition) is 2. The minimum absolute atomic E-state index is 0.396. The molecule has 1 heterocycles. The van der Waals surface area contributed by atoms with Crippen LogP contribution in [0.15, 0.2) is 18.2 Å². The molecule has 0 aromatic heterocycles. The third-order valence-corrected chi connectivity index (χ3v) is 4.25. The lowest BCUT2D eigenvalue weighted by Crippen LogP contribution is -2.30. The number of ether oxygens (including phenoxy) is 1. The Kier molecular flexibility index (Phi) is 2.96. The van der Waals surface area contributed by atoms with E-state index in [1.807, 2.05) is 0 Å². The summed E-state index contributed by atoms with van der Waals surface area (Å²) >= 11 is 0. The van der Waals surface area contributed by atoms with Gasteiger partial charge < -0.3 is 10.1 Å². The predicted octanol–water partition coefficient (Wildman–Crippen LogP) is 4.00. The summed E-state index contributed by atoms with van der Waals surface area (Å²) in [4.78, 5) is 0. The first kappa shape index (κ1) is 11.9. The molecule has 1 fully saturated rings. The second-order valence-electron chi connectivity index (χ2n) is 6.50. The lowest BCUT2D eigenvalue weighted by molar-refractivity contribution is 0.0851. The normalized spacial score (nSPS) is 25.3. The lowest BCUT2D eigenvalue weighted by Gasteiger charge is -2.35. The van der Waals surface area contributed by atoms with Crippen LogP contribution in [0.2, 0.25) is 0 Å². The number of fused-ring (bicyclic) bond motifs is 1. The van der Waals surface area contributed by atoms with Crippen LogP contribution in [0, 0.1) is 5.41 Å². The van der Waals surface area contributed by atoms with Crippen molar-refractivity contribution < 1.29 is 4.74 Å². The molecule has 1 aromatic rings. The number of nitrogens with one attached hydrogen (secondary N) is 1. The second kappa shape index (κ2) is 4.49. The van der Waals surface area contributed by atoms with Gasteiger partial charge in [-0.2, -0.15) is 0 Å². The van der Waals surface area contributed by atoms with E-state index >= 15 is 0 Å². The topological polar surface area (TPSA) is 21.3 Å². The van der Waals surface area contributed by atoms with Crippen molar-refractivity contribution in [3.8, 4) is 5.75 Å². The molecule has 1 unspecified atom stereocenters. The Morgan fingerprint density at radius 1 is 1.33 bits per heavy atom. The van der Waals surface area contributed by atoms with Gasteiger partial charge in [-0.25, -0.2) is 0 Å². The van der Waals surface area contributed by atoms with Crippen molar-refractivity contribution in [1.29, 1.82) is 0 Å². The molecule has 2 aliphatic rings. The zero-order valence-electron chi connectivity index (χ0n) is 11.5. The van der Waals surface area contributed by atoms with E-state index in [4.69, 9.17) is 4.74 Å². The van der Waals surface area contributed by atoms with E-state index < -0.39 is 0 Å². The van der Waals surface area contributed by atoms with Crippen LogP contribution in [-0.4, -0.2) is 12.6 Å². The minimum atomic E-state index is 0.396. The SMILES string of the molecule is CC1(C)CCCC(Oc2ccc3c(c2)NCC3)C1. The summed E-state index contributed by atoms with van der Waals surface area (Å²) in [7, 11) is 0. The maximum Gasteiger partial charge on any atom is 0.121 e. The van der Waals surface area contributed by atoms with Crippen LogP contribution in [-0.2, 0) is 6.42 Å². The highest BCUT2D eigenvalue weighted by Gasteiger charge is 2.29. The molecule has 18 heavy (non-hydrogen) atoms. The van der Waals surface area contributed by atoms with E-state index in [2.05, 4.69) is 37.4 Å². The van der Waals surface area contributed by atoms with Gasteiger partial charge in [0.2, 0.25) is 0 Å². The molecular formula is C16H23NO. The van der Waals surface area contributed by atoms with Crippen molar-refractivity contribution in [2.45, 2.75) is 52.1 Å². The van der Waals surface area contributed by atoms with E-state index in [0.29, 0.717) is 11.5 Å². The highest BCUT2D eigenvalue weighted by molar-refractivity contribution is 5.58. The summed E-state index contributed by atoms with van der Waals surface area (Å²) in [6.45, 7) is 5.77. The van der Waals surface area contributed by atoms with Gasteiger partial charge in [-0.05, 0) is 49.1 Å². The Morgan fingerprint density at radius 2 is 2.22 bits per heavy atom. The Bertz CT molecular complexity index is 439. The van der Waals surface area contributed by atoms with E-state index in [1.165, 1.54) is 36.9 Å². The highest BCUT2D eigenvalue weighted by Crippen LogP contribution is 2.37. The van der Waals surface area contributed by atoms with Crippen LogP contribution >= 0.6 is 0 Å². The fraction of sp³-hybridized carbons (Fsp3) is 0.625. The first-order valence-corrected chi connectivity index (χ1v) is 7.16. The number of hydrogen-bond donors (Lipinski definition) is 1. The largest absolute Gasteiger partial charge is 0.490 e. The van der Waals surface area contributed by atoms with Gasteiger partial charge in [0.05, 0.1) is 6.10 Å². The molecule has 0 bridgehead atoms. The molecule has 2 nitrogen and oxygen atoms in total. The van der Waals surface area contributed by atoms with Gasteiger partial charge in [0.15, 0.2) is 0 Å². The smallest absolute Gasteiger partial charge is 0.121 e. The summed E-state index contributed by atoms with van der Waals surface area (Å²) < 4.78 is 6.18. The van der Waals surface area contributed by atoms with Gasteiger partial charge in [-0.15, -0.1) is 0 Å². The van der Waals surface area contributed by atoms with Gasteiger partial charge in [0.25, 0.3) is 0 Å². The van der Waals surface area contributed by atoms with Crippen molar-refractivity contribution >= 4 is 5.69 Å². The van der Waals surface area contributed by atoms with E-state index in [0.717, 1.165) is 18.7 Å². The van der Waals surface area contributed by atoms with Crippen LogP contribution in [0.1, 0.15) is 45.1 Å². The van der Waals surface area contributed by atoms with Gasteiger partial charge in [-0.3, -0.25) is 0 Å². The summed E-state index contributed by atoms with van der Waals surface area (Å²) in [5.74, 6) is 1.03. The maximum absolute atomic E-state index is 6.18. The Hall–Kier alpha value is -1.18. The van der Waals surface area contributed by atoms with Crippen LogP contribution in [0.5, 0.6) is 5.75 Å². The molecule has 2 heteroatoms. The third-order valence-electron chi connectivity index (χ3n) is 4.25. The number of rotatable bonds is 2. The minimum Gasteiger partial charge on any atom is -0.490 e. The number of anilines is 1. The fourth-order valence-electron chi connectivity index (χ4n) is 3.27. The summed E-state index contributed by atoms with van der Waals surface area (Å²) in [5.41, 5.74) is 3.13. The Labute approximate surface area is 110 Å². The molecule has 0 amide bonds. The third kappa shape index (κ3) is 2.47. The molecule has 0 spiro atoms. The molecule has 1 aromatic carbocycles. The Balaban J connectivity index is 1.69. The molecule has 0 saturated heterocycles. The zero-order chi connectivity index (χ0) is 12.6. The van der Waals surface area contributed by atoms with Crippen molar-refractivity contribution in [3.05, 3.63) is 23.8 Å². The van der Waals surface area contributed by atoms with E-state index in [9.17, 15) is 0 Å². The lowest BCUT2D eigenvalue weighted by atomic mass is 9.76. The van der Waals surface area contributed by atoms with Crippen molar-refractivity contribution in [3.63, 3.8) is 0 Å². The maximum atomic E-state index is 6.18. The van der Waals surface area contributed by atoms with Crippen LogP contribution in [0.4, 0.5) is 5.69 Å². The van der Waals surface area contributed by atoms with Crippen LogP contribution in [0.25, 0.3) is 0 Å². The first-order chi connectivity index (χ1) is 8.62. The van der Waals surface area contributed by atoms with Crippen molar-refractivity contribution in [1.82, 2.24) is 0 Å². The molecule has 3 rings (SSSR count). The molecule has 1 N–H and O–H groups in total. The second-order valence-corrected chi connectivity index (χ2v) is 6.50. The number of benzene rings is 1. The molecule has 1 saturated carbocycles. The zero-order valence-corrected chi connectivity index (χ0v) is 11.5. The van der Waals surface area contributed by atoms with E-state index in [-0.39, 0.29) is 0 Å². The quantitative estimate of drug-likeness (QED) is 0.850. The standard InChI is InChI=1S/C16H23NO/c1-16(2)8-3-4-14(11-16)18-13-6-5-12-7-9-17-15(12)10-13/h5-6,10,14,17H,3-4,7-9,11H2,1-2H3. The van der Waals surface area contributed by atoms with Crippen molar-refractivity contribution in [2.24, 2.45) is 5.41 Å². The average Bonchev–Trinajstić information content (AvgIpc) is 2.74. The monoisotopic (exact) mass is 245 g/mol. The summed E-state index contributed by atoms with van der Waals surface area (Å²) in [6.07, 6.45) is 6.55. The average molecular weight is 245 g/mol. The first-order valence-electron chi connectivity index (χ1n) is 7.16. The van der Waals surface area contributed by atoms with Crippen LogP contribution in [0.3, 0.4) is 0 Å². The molecule has 1 aliphatic heterocycles. The van der Waals surface area contributed by atoms with Gasteiger partial charge >= 0.3 is 0 Å². The molecule has 1 aliphatic carbocycles.